The predicted molar refractivity (Wildman–Crippen MR) is 113 cm³/mol. The van der Waals surface area contributed by atoms with Crippen molar-refractivity contribution in [3.63, 3.8) is 0 Å². The molecular formula is C21H34N2O4S. The third-order valence-electron chi connectivity index (χ3n) is 5.11. The van der Waals surface area contributed by atoms with Gasteiger partial charge in [0.15, 0.2) is 0 Å². The molecule has 1 aliphatic rings. The second kappa shape index (κ2) is 9.74. The van der Waals surface area contributed by atoms with Gasteiger partial charge in [0, 0.05) is 17.6 Å². The Morgan fingerprint density at radius 3 is 2.25 bits per heavy atom. The van der Waals surface area contributed by atoms with Crippen LogP contribution in [0.5, 0.6) is 5.75 Å². The van der Waals surface area contributed by atoms with Crippen LogP contribution in [0.1, 0.15) is 66.2 Å². The first-order valence-corrected chi connectivity index (χ1v) is 11.7. The summed E-state index contributed by atoms with van der Waals surface area (Å²) in [4.78, 5) is 12.5. The summed E-state index contributed by atoms with van der Waals surface area (Å²) in [7, 11) is -3.36. The second-order valence-electron chi connectivity index (χ2n) is 8.50. The fourth-order valence-corrected chi connectivity index (χ4v) is 4.11. The molecule has 0 bridgehead atoms. The van der Waals surface area contributed by atoms with E-state index >= 15 is 0 Å². The van der Waals surface area contributed by atoms with E-state index in [1.807, 2.05) is 24.3 Å². The molecule has 1 saturated carbocycles. The first-order chi connectivity index (χ1) is 13.1. The Labute approximate surface area is 169 Å². The number of rotatable bonds is 8. The number of anilines is 1. The lowest BCUT2D eigenvalue weighted by Crippen LogP contribution is -2.46. The maximum absolute atomic E-state index is 12.5. The molecule has 158 valence electrons. The quantitative estimate of drug-likeness (QED) is 0.633. The van der Waals surface area contributed by atoms with Gasteiger partial charge >= 0.3 is 0 Å². The van der Waals surface area contributed by atoms with Crippen molar-refractivity contribution >= 4 is 21.6 Å². The first kappa shape index (κ1) is 22.7. The zero-order valence-electron chi connectivity index (χ0n) is 17.5. The van der Waals surface area contributed by atoms with Gasteiger partial charge in [-0.2, -0.15) is 0 Å². The average molecular weight is 411 g/mol. The number of nitrogens with one attached hydrogen (secondary N) is 2. The van der Waals surface area contributed by atoms with Crippen LogP contribution in [-0.4, -0.2) is 31.7 Å². The number of hydrogen-bond acceptors (Lipinski definition) is 4. The first-order valence-electron chi connectivity index (χ1n) is 10.2. The van der Waals surface area contributed by atoms with E-state index < -0.39 is 14.8 Å². The zero-order chi connectivity index (χ0) is 20.8. The molecule has 6 nitrogen and oxygen atoms in total. The van der Waals surface area contributed by atoms with Crippen LogP contribution in [0.25, 0.3) is 0 Å². The molecule has 1 aliphatic carbocycles. The highest BCUT2D eigenvalue weighted by atomic mass is 32.2. The largest absolute Gasteiger partial charge is 0.494 e. The van der Waals surface area contributed by atoms with Crippen LogP contribution in [0.2, 0.25) is 0 Å². The fourth-order valence-electron chi connectivity index (χ4n) is 3.08. The Morgan fingerprint density at radius 1 is 1.11 bits per heavy atom. The smallest absolute Gasteiger partial charge is 0.227 e. The molecule has 0 aromatic heterocycles. The molecule has 7 heteroatoms. The number of carbonyl (C=O) groups is 1. The summed E-state index contributed by atoms with van der Waals surface area (Å²) in [5, 5.41) is 2.96. The molecule has 0 saturated heterocycles. The summed E-state index contributed by atoms with van der Waals surface area (Å²) in [6.07, 6.45) is 4.83. The van der Waals surface area contributed by atoms with Gasteiger partial charge in [-0.25, -0.2) is 13.1 Å². The van der Waals surface area contributed by atoms with E-state index in [1.54, 1.807) is 20.8 Å². The van der Waals surface area contributed by atoms with Crippen molar-refractivity contribution in [2.24, 2.45) is 5.92 Å². The van der Waals surface area contributed by atoms with E-state index in [4.69, 9.17) is 4.74 Å². The molecule has 0 spiro atoms. The van der Waals surface area contributed by atoms with Gasteiger partial charge in [-0.1, -0.05) is 13.3 Å². The topological polar surface area (TPSA) is 84.5 Å². The van der Waals surface area contributed by atoms with Crippen LogP contribution < -0.4 is 14.8 Å². The summed E-state index contributed by atoms with van der Waals surface area (Å²) in [5.41, 5.74) is 0.753. The van der Waals surface area contributed by atoms with Crippen molar-refractivity contribution in [3.8, 4) is 5.75 Å². The molecule has 1 amide bonds. The maximum Gasteiger partial charge on any atom is 0.227 e. The molecular weight excluding hydrogens is 376 g/mol. The van der Waals surface area contributed by atoms with E-state index in [1.165, 1.54) is 0 Å². The van der Waals surface area contributed by atoms with E-state index in [-0.39, 0.29) is 17.9 Å². The molecule has 1 aromatic carbocycles. The number of unbranched alkanes of at least 4 members (excludes halogenated alkanes) is 1. The van der Waals surface area contributed by atoms with Crippen LogP contribution >= 0.6 is 0 Å². The number of ether oxygens (including phenoxy) is 1. The summed E-state index contributed by atoms with van der Waals surface area (Å²) >= 11 is 0. The van der Waals surface area contributed by atoms with Gasteiger partial charge < -0.3 is 10.1 Å². The fraction of sp³-hybridized carbons (Fsp3) is 0.667. The summed E-state index contributed by atoms with van der Waals surface area (Å²) in [5.74, 6) is 0.714. The highest BCUT2D eigenvalue weighted by Gasteiger charge is 2.34. The van der Waals surface area contributed by atoms with Crippen LogP contribution in [-0.2, 0) is 14.8 Å². The minimum Gasteiger partial charge on any atom is -0.494 e. The predicted octanol–water partition coefficient (Wildman–Crippen LogP) is 4.08. The lowest BCUT2D eigenvalue weighted by atomic mass is 9.86. The Kier molecular flexibility index (Phi) is 7.89. The van der Waals surface area contributed by atoms with Crippen molar-refractivity contribution in [1.82, 2.24) is 4.72 Å². The van der Waals surface area contributed by atoms with Gasteiger partial charge in [-0.15, -0.1) is 0 Å². The molecule has 0 aliphatic heterocycles. The molecule has 0 unspecified atom stereocenters. The van der Waals surface area contributed by atoms with Gasteiger partial charge in [-0.05, 0) is 77.1 Å². The van der Waals surface area contributed by atoms with Crippen LogP contribution in [0.15, 0.2) is 24.3 Å². The highest BCUT2D eigenvalue weighted by Crippen LogP contribution is 2.27. The Bertz CT molecular complexity index is 731. The molecule has 0 atom stereocenters. The van der Waals surface area contributed by atoms with E-state index in [0.29, 0.717) is 32.3 Å². The lowest BCUT2D eigenvalue weighted by molar-refractivity contribution is -0.120. The summed E-state index contributed by atoms with van der Waals surface area (Å²) < 4.78 is 32.2. The van der Waals surface area contributed by atoms with Gasteiger partial charge in [0.2, 0.25) is 15.9 Å². The van der Waals surface area contributed by atoms with E-state index in [0.717, 1.165) is 24.3 Å². The highest BCUT2D eigenvalue weighted by molar-refractivity contribution is 7.90. The third-order valence-corrected chi connectivity index (χ3v) is 7.37. The normalized spacial score (nSPS) is 20.6. The third kappa shape index (κ3) is 6.48. The number of sulfonamides is 1. The monoisotopic (exact) mass is 410 g/mol. The van der Waals surface area contributed by atoms with Gasteiger partial charge in [-0.3, -0.25) is 4.79 Å². The minimum atomic E-state index is -3.36. The molecule has 0 radical (unpaired) electrons. The van der Waals surface area contributed by atoms with Crippen LogP contribution in [0, 0.1) is 5.92 Å². The lowest BCUT2D eigenvalue weighted by Gasteiger charge is -2.30. The van der Waals surface area contributed by atoms with Gasteiger partial charge in [0.05, 0.1) is 11.4 Å². The van der Waals surface area contributed by atoms with Crippen LogP contribution in [0.3, 0.4) is 0 Å². The molecule has 0 heterocycles. The van der Waals surface area contributed by atoms with Crippen molar-refractivity contribution < 1.29 is 17.9 Å². The number of amides is 1. The van der Waals surface area contributed by atoms with Crippen molar-refractivity contribution in [2.45, 2.75) is 77.0 Å². The van der Waals surface area contributed by atoms with Crippen molar-refractivity contribution in [2.75, 3.05) is 11.9 Å². The SMILES string of the molecule is CCCCOc1ccc(NC(=O)[C@H]2CC[C@H](NS(=O)(=O)C(C)(C)C)CC2)cc1. The minimum absolute atomic E-state index is 0.00298. The molecule has 1 aromatic rings. The van der Waals surface area contributed by atoms with Gasteiger partial charge in [0.1, 0.15) is 5.75 Å². The molecule has 28 heavy (non-hydrogen) atoms. The van der Waals surface area contributed by atoms with Gasteiger partial charge in [0.25, 0.3) is 0 Å². The summed E-state index contributed by atoms with van der Waals surface area (Å²) in [6.45, 7) is 7.89. The maximum atomic E-state index is 12.5. The average Bonchev–Trinajstić information content (AvgIpc) is 2.62. The van der Waals surface area contributed by atoms with Crippen molar-refractivity contribution in [1.29, 1.82) is 0 Å². The van der Waals surface area contributed by atoms with Crippen LogP contribution in [0.4, 0.5) is 5.69 Å². The Morgan fingerprint density at radius 2 is 1.71 bits per heavy atom. The zero-order valence-corrected chi connectivity index (χ0v) is 18.3. The van der Waals surface area contributed by atoms with Crippen molar-refractivity contribution in [3.05, 3.63) is 24.3 Å². The molecule has 2 N–H and O–H groups in total. The van der Waals surface area contributed by atoms with E-state index in [9.17, 15) is 13.2 Å². The number of benzene rings is 1. The molecule has 2 rings (SSSR count). The number of hydrogen-bond donors (Lipinski definition) is 2. The summed E-state index contributed by atoms with van der Waals surface area (Å²) in [6, 6.07) is 7.34. The second-order valence-corrected chi connectivity index (χ2v) is 11.0. The standard InChI is InChI=1S/C21H34N2O4S/c1-5-6-15-27-19-13-11-17(12-14-19)22-20(24)16-7-9-18(10-8-16)23-28(25,26)21(2,3)4/h11-14,16,18,23H,5-10,15H2,1-4H3,(H,22,24)/t16-,18-. The number of carbonyl (C=O) groups excluding carboxylic acids is 1. The van der Waals surface area contributed by atoms with E-state index in [2.05, 4.69) is 17.0 Å². The Hall–Kier alpha value is -1.60. The Balaban J connectivity index is 1.80. The molecule has 1 fully saturated rings.